The minimum atomic E-state index is -1.13. The minimum absolute atomic E-state index is 0.0318. The van der Waals surface area contributed by atoms with Crippen LogP contribution in [0.5, 0.6) is 11.5 Å². The fraction of sp³-hybridized carbons (Fsp3) is 0.391. The molecule has 2 atom stereocenters. The Morgan fingerprint density at radius 2 is 1.72 bits per heavy atom. The fourth-order valence-corrected chi connectivity index (χ4v) is 3.83. The van der Waals surface area contributed by atoms with E-state index in [0.717, 1.165) is 5.56 Å². The van der Waals surface area contributed by atoms with Gasteiger partial charge in [0, 0.05) is 42.8 Å². The summed E-state index contributed by atoms with van der Waals surface area (Å²) in [5.41, 5.74) is 1.02. The van der Waals surface area contributed by atoms with Gasteiger partial charge in [-0.25, -0.2) is 9.18 Å². The Hall–Kier alpha value is -2.84. The smallest absolute Gasteiger partial charge is 0.341 e. The molecule has 0 unspecified atom stereocenters. The van der Waals surface area contributed by atoms with Gasteiger partial charge in [0.15, 0.2) is 24.7 Å². The number of aliphatic carboxylic acids is 1. The second-order valence-electron chi connectivity index (χ2n) is 7.86. The topological polar surface area (TPSA) is 79.3 Å². The predicted octanol–water partition coefficient (Wildman–Crippen LogP) is 3.44. The lowest BCUT2D eigenvalue weighted by Gasteiger charge is -2.44. The Morgan fingerprint density at radius 1 is 1.03 bits per heavy atom. The molecule has 3 rings (SSSR count). The number of piperazine rings is 1. The molecule has 9 heteroatoms. The van der Waals surface area contributed by atoms with Gasteiger partial charge in [0.25, 0.3) is 5.91 Å². The molecule has 2 aromatic carbocycles. The molecule has 7 nitrogen and oxygen atoms in total. The van der Waals surface area contributed by atoms with Gasteiger partial charge in [-0.1, -0.05) is 23.7 Å². The molecule has 0 aromatic heterocycles. The molecule has 1 N–H and O–H groups in total. The number of carbonyl (C=O) groups is 2. The molecule has 0 bridgehead atoms. The maximum Gasteiger partial charge on any atom is 0.341 e. The third kappa shape index (κ3) is 6.34. The third-order valence-electron chi connectivity index (χ3n) is 5.34. The van der Waals surface area contributed by atoms with Gasteiger partial charge in [0.1, 0.15) is 5.82 Å². The molecule has 0 spiro atoms. The Labute approximate surface area is 191 Å². The zero-order chi connectivity index (χ0) is 23.3. The van der Waals surface area contributed by atoms with Gasteiger partial charge in [0.2, 0.25) is 0 Å². The van der Waals surface area contributed by atoms with Gasteiger partial charge in [-0.2, -0.15) is 0 Å². The quantitative estimate of drug-likeness (QED) is 0.644. The minimum Gasteiger partial charge on any atom is -0.480 e. The molecular weight excluding hydrogens is 439 g/mol. The molecule has 0 saturated carbocycles. The van der Waals surface area contributed by atoms with E-state index in [4.69, 9.17) is 26.2 Å². The number of hydrogen-bond acceptors (Lipinski definition) is 5. The van der Waals surface area contributed by atoms with Crippen LogP contribution in [0.25, 0.3) is 0 Å². The monoisotopic (exact) mass is 464 g/mol. The number of rotatable bonds is 8. The highest BCUT2D eigenvalue weighted by Gasteiger charge is 2.32. The Kier molecular flexibility index (Phi) is 7.93. The molecule has 1 amide bonds. The van der Waals surface area contributed by atoms with E-state index in [1.807, 2.05) is 13.8 Å². The van der Waals surface area contributed by atoms with Crippen molar-refractivity contribution in [3.05, 3.63) is 58.9 Å². The predicted molar refractivity (Wildman–Crippen MR) is 118 cm³/mol. The van der Waals surface area contributed by atoms with Crippen LogP contribution in [-0.2, 0) is 16.1 Å². The van der Waals surface area contributed by atoms with E-state index in [-0.39, 0.29) is 41.9 Å². The molecule has 0 radical (unpaired) electrons. The van der Waals surface area contributed by atoms with Crippen LogP contribution in [0.3, 0.4) is 0 Å². The lowest BCUT2D eigenvalue weighted by atomic mass is 10.1. The number of halogens is 2. The van der Waals surface area contributed by atoms with Crippen molar-refractivity contribution in [3.63, 3.8) is 0 Å². The van der Waals surface area contributed by atoms with Gasteiger partial charge < -0.3 is 19.5 Å². The Bertz CT molecular complexity index is 956. The molecule has 2 aromatic rings. The maximum absolute atomic E-state index is 13.2. The molecule has 1 heterocycles. The highest BCUT2D eigenvalue weighted by Crippen LogP contribution is 2.30. The van der Waals surface area contributed by atoms with Crippen molar-refractivity contribution in [3.8, 4) is 11.5 Å². The van der Waals surface area contributed by atoms with Crippen molar-refractivity contribution in [2.45, 2.75) is 32.5 Å². The van der Waals surface area contributed by atoms with Crippen LogP contribution in [0, 0.1) is 5.82 Å². The molecule has 1 fully saturated rings. The van der Waals surface area contributed by atoms with Crippen molar-refractivity contribution in [2.24, 2.45) is 0 Å². The number of ether oxygens (including phenoxy) is 2. The second-order valence-corrected chi connectivity index (χ2v) is 8.30. The number of benzene rings is 2. The van der Waals surface area contributed by atoms with Crippen molar-refractivity contribution in [2.75, 3.05) is 26.3 Å². The summed E-state index contributed by atoms with van der Waals surface area (Å²) in [4.78, 5) is 27.7. The summed E-state index contributed by atoms with van der Waals surface area (Å²) in [6.07, 6.45) is 0. The van der Waals surface area contributed by atoms with Crippen LogP contribution in [0.2, 0.25) is 5.02 Å². The van der Waals surface area contributed by atoms with Gasteiger partial charge >= 0.3 is 5.97 Å². The summed E-state index contributed by atoms with van der Waals surface area (Å²) >= 11 is 5.95. The first kappa shape index (κ1) is 23.8. The van der Waals surface area contributed by atoms with Crippen LogP contribution >= 0.6 is 11.6 Å². The standard InChI is InChI=1S/C23H26ClFN2O5/c1-15-11-27(16(2)10-26(15)12-17-3-6-19(25)7-4-17)22(28)13-31-20-8-5-18(24)9-21(20)32-14-23(29)30/h3-9,15-16H,10-14H2,1-2H3,(H,29,30)/t15-,16+/m0/s1. The van der Waals surface area contributed by atoms with E-state index in [1.54, 1.807) is 29.2 Å². The lowest BCUT2D eigenvalue weighted by molar-refractivity contribution is -0.140. The van der Waals surface area contributed by atoms with E-state index in [2.05, 4.69) is 4.90 Å². The largest absolute Gasteiger partial charge is 0.480 e. The molecule has 172 valence electrons. The summed E-state index contributed by atoms with van der Waals surface area (Å²) in [5.74, 6) is -1.15. The normalized spacial score (nSPS) is 18.9. The molecule has 0 aliphatic carbocycles. The van der Waals surface area contributed by atoms with Gasteiger partial charge in [0.05, 0.1) is 0 Å². The zero-order valence-electron chi connectivity index (χ0n) is 18.0. The first-order chi connectivity index (χ1) is 15.2. The van der Waals surface area contributed by atoms with Crippen molar-refractivity contribution in [1.29, 1.82) is 0 Å². The molecule has 1 aliphatic rings. The number of nitrogens with zero attached hydrogens (tertiary/aromatic N) is 2. The number of carboxylic acids is 1. The molecule has 32 heavy (non-hydrogen) atoms. The van der Waals surface area contributed by atoms with Crippen molar-refractivity contribution < 1.29 is 28.6 Å². The van der Waals surface area contributed by atoms with Gasteiger partial charge in [-0.15, -0.1) is 0 Å². The van der Waals surface area contributed by atoms with Crippen LogP contribution in [0.1, 0.15) is 19.4 Å². The first-order valence-electron chi connectivity index (χ1n) is 10.3. The maximum atomic E-state index is 13.2. The number of hydrogen-bond donors (Lipinski definition) is 1. The lowest BCUT2D eigenvalue weighted by Crippen LogP contribution is -2.58. The molecule has 1 aliphatic heterocycles. The first-order valence-corrected chi connectivity index (χ1v) is 10.7. The van der Waals surface area contributed by atoms with E-state index in [9.17, 15) is 14.0 Å². The number of carboxylic acid groups (broad SMARTS) is 1. The summed E-state index contributed by atoms with van der Waals surface area (Å²) in [6.45, 7) is 5.17. The zero-order valence-corrected chi connectivity index (χ0v) is 18.7. The highest BCUT2D eigenvalue weighted by atomic mass is 35.5. The van der Waals surface area contributed by atoms with Gasteiger partial charge in [-0.05, 0) is 43.7 Å². The average molecular weight is 465 g/mol. The fourth-order valence-electron chi connectivity index (χ4n) is 3.67. The Balaban J connectivity index is 1.58. The summed E-state index contributed by atoms with van der Waals surface area (Å²) < 4.78 is 24.0. The van der Waals surface area contributed by atoms with E-state index < -0.39 is 12.6 Å². The summed E-state index contributed by atoms with van der Waals surface area (Å²) in [5, 5.41) is 9.19. The second kappa shape index (κ2) is 10.7. The highest BCUT2D eigenvalue weighted by molar-refractivity contribution is 6.30. The SMILES string of the molecule is C[C@@H]1CN(Cc2ccc(F)cc2)[C@@H](C)CN1C(=O)COc1ccc(Cl)cc1OCC(=O)O. The van der Waals surface area contributed by atoms with Crippen molar-refractivity contribution >= 4 is 23.5 Å². The summed E-state index contributed by atoms with van der Waals surface area (Å²) in [7, 11) is 0. The van der Waals surface area contributed by atoms with Crippen LogP contribution < -0.4 is 9.47 Å². The van der Waals surface area contributed by atoms with Crippen molar-refractivity contribution in [1.82, 2.24) is 9.80 Å². The van der Waals surface area contributed by atoms with Crippen LogP contribution in [-0.4, -0.2) is 65.2 Å². The molecule has 1 saturated heterocycles. The third-order valence-corrected chi connectivity index (χ3v) is 5.58. The van der Waals surface area contributed by atoms with E-state index in [0.29, 0.717) is 24.7 Å². The van der Waals surface area contributed by atoms with E-state index in [1.165, 1.54) is 18.2 Å². The number of carbonyl (C=O) groups excluding carboxylic acids is 1. The average Bonchev–Trinajstić information content (AvgIpc) is 2.75. The molecular formula is C23H26ClFN2O5. The van der Waals surface area contributed by atoms with E-state index >= 15 is 0 Å². The van der Waals surface area contributed by atoms with Gasteiger partial charge in [-0.3, -0.25) is 9.69 Å². The summed E-state index contributed by atoms with van der Waals surface area (Å²) in [6, 6.07) is 11.1. The van der Waals surface area contributed by atoms with Crippen LogP contribution in [0.4, 0.5) is 4.39 Å². The Morgan fingerprint density at radius 3 is 2.41 bits per heavy atom. The number of amides is 1. The van der Waals surface area contributed by atoms with Crippen LogP contribution in [0.15, 0.2) is 42.5 Å².